The Balaban J connectivity index is 5.89. The Morgan fingerprint density at radius 3 is 1.23 bits per heavy atom. The lowest BCUT2D eigenvalue weighted by molar-refractivity contribution is -0.142. The van der Waals surface area contributed by atoms with E-state index >= 15 is 0 Å². The fraction of sp³-hybridized carbons (Fsp3) is 0.771. The van der Waals surface area contributed by atoms with Crippen LogP contribution >= 0.6 is 0 Å². The zero-order chi connectivity index (χ0) is 43.3. The Morgan fingerprint density at radius 1 is 0.474 bits per heavy atom. The van der Waals surface area contributed by atoms with Crippen LogP contribution in [0.1, 0.15) is 90.9 Å². The topological polar surface area (TPSA) is 391 Å². The van der Waals surface area contributed by atoms with Gasteiger partial charge in [-0.15, -0.1) is 0 Å². The van der Waals surface area contributed by atoms with Crippen molar-refractivity contribution in [2.45, 2.75) is 133 Å². The number of nitrogens with one attached hydrogen (secondary N) is 7. The molecule has 0 heterocycles. The van der Waals surface area contributed by atoms with Gasteiger partial charge in [-0.05, 0) is 117 Å². The van der Waals surface area contributed by atoms with Crippen molar-refractivity contribution in [3.05, 3.63) is 0 Å². The molecule has 0 aliphatic rings. The summed E-state index contributed by atoms with van der Waals surface area (Å²) < 4.78 is 0. The average Bonchev–Trinajstić information content (AvgIpc) is 3.16. The smallest absolute Gasteiger partial charge is 0.326 e. The van der Waals surface area contributed by atoms with Crippen LogP contribution in [0.2, 0.25) is 0 Å². The van der Waals surface area contributed by atoms with Crippen LogP contribution in [0.3, 0.4) is 0 Å². The zero-order valence-electron chi connectivity index (χ0n) is 33.3. The maximum Gasteiger partial charge on any atom is 0.326 e. The SMILES string of the molecule is C[C@H](NC(=O)[C@@H](NC(=O)CN)[C@@H](C)O)C(=O)NCC(=O)N[C@@H](CCCCN)C(=O)N[C@@H](CCCCN)C(=O)N[C@@H](CCCCN)C(=O)N[C@@H](CCCCN)C(=O)O. The number of hydrogen-bond donors (Lipinski definition) is 14. The van der Waals surface area contributed by atoms with E-state index in [1.54, 1.807) is 0 Å². The van der Waals surface area contributed by atoms with Crippen LogP contribution in [0.25, 0.3) is 0 Å². The maximum absolute atomic E-state index is 13.7. The molecule has 0 aromatic rings. The second-order valence-electron chi connectivity index (χ2n) is 13.7. The van der Waals surface area contributed by atoms with E-state index in [4.69, 9.17) is 28.7 Å². The molecular weight excluding hydrogens is 748 g/mol. The summed E-state index contributed by atoms with van der Waals surface area (Å²) in [7, 11) is 0. The molecule has 19 N–H and O–H groups in total. The molecule has 0 saturated heterocycles. The van der Waals surface area contributed by atoms with E-state index in [1.807, 2.05) is 0 Å². The lowest BCUT2D eigenvalue weighted by Crippen LogP contribution is -2.58. The lowest BCUT2D eigenvalue weighted by atomic mass is 10.0. The number of aliphatic carboxylic acids is 1. The molecule has 0 saturated carbocycles. The van der Waals surface area contributed by atoms with Crippen molar-refractivity contribution in [1.29, 1.82) is 0 Å². The molecule has 22 nitrogen and oxygen atoms in total. The van der Waals surface area contributed by atoms with Gasteiger partial charge >= 0.3 is 5.97 Å². The van der Waals surface area contributed by atoms with Gasteiger partial charge in [-0.3, -0.25) is 33.6 Å². The summed E-state index contributed by atoms with van der Waals surface area (Å²) in [4.78, 5) is 102. The molecule has 7 amide bonds. The number of rotatable bonds is 32. The number of carboxylic acids is 1. The summed E-state index contributed by atoms with van der Waals surface area (Å²) in [6.45, 7) is 2.84. The highest BCUT2D eigenvalue weighted by Crippen LogP contribution is 2.09. The maximum atomic E-state index is 13.7. The molecule has 57 heavy (non-hydrogen) atoms. The molecule has 22 heteroatoms. The second-order valence-corrected chi connectivity index (χ2v) is 13.7. The van der Waals surface area contributed by atoms with Gasteiger partial charge in [0.25, 0.3) is 0 Å². The molecule has 0 aromatic carbocycles. The Hall–Kier alpha value is -4.48. The fourth-order valence-electron chi connectivity index (χ4n) is 5.42. The Labute approximate surface area is 334 Å². The van der Waals surface area contributed by atoms with E-state index in [9.17, 15) is 48.6 Å². The van der Waals surface area contributed by atoms with Gasteiger partial charge in [0.15, 0.2) is 0 Å². The highest BCUT2D eigenvalue weighted by molar-refractivity contribution is 5.96. The normalized spacial score (nSPS) is 14.7. The zero-order valence-corrected chi connectivity index (χ0v) is 33.3. The first-order valence-corrected chi connectivity index (χ1v) is 19.6. The lowest BCUT2D eigenvalue weighted by Gasteiger charge is -2.26. The predicted octanol–water partition coefficient (Wildman–Crippen LogP) is -5.03. The molecule has 0 aliphatic carbocycles. The molecule has 0 aromatic heterocycles. The van der Waals surface area contributed by atoms with E-state index in [0.717, 1.165) is 0 Å². The minimum Gasteiger partial charge on any atom is -0.480 e. The number of carbonyl (C=O) groups is 8. The van der Waals surface area contributed by atoms with Crippen molar-refractivity contribution >= 4 is 47.3 Å². The van der Waals surface area contributed by atoms with E-state index in [0.29, 0.717) is 77.5 Å². The van der Waals surface area contributed by atoms with Crippen LogP contribution in [-0.2, 0) is 38.4 Å². The molecule has 328 valence electrons. The molecule has 0 rings (SSSR count). The summed E-state index contributed by atoms with van der Waals surface area (Å²) in [5.41, 5.74) is 27.7. The van der Waals surface area contributed by atoms with Crippen LogP contribution in [0.15, 0.2) is 0 Å². The first kappa shape index (κ1) is 52.5. The quantitative estimate of drug-likeness (QED) is 0.0283. The van der Waals surface area contributed by atoms with Gasteiger partial charge in [-0.1, -0.05) is 0 Å². The van der Waals surface area contributed by atoms with Crippen LogP contribution in [0.4, 0.5) is 0 Å². The average molecular weight is 817 g/mol. The largest absolute Gasteiger partial charge is 0.480 e. The summed E-state index contributed by atoms with van der Waals surface area (Å²) in [5, 5.41) is 36.9. The van der Waals surface area contributed by atoms with E-state index in [1.165, 1.54) is 13.8 Å². The Bertz CT molecular complexity index is 1270. The summed E-state index contributed by atoms with van der Waals surface area (Å²) in [5.74, 6) is -6.51. The third-order valence-electron chi connectivity index (χ3n) is 8.76. The number of aliphatic hydroxyl groups excluding tert-OH is 1. The second kappa shape index (κ2) is 30.6. The summed E-state index contributed by atoms with van der Waals surface area (Å²) >= 11 is 0. The standard InChI is InChI=1S/C35H68N12O10/c1-21(42-34(55)29(22(2)48)47-27(49)19-40)30(51)41-20-28(50)43-23(11-3-7-15-36)31(52)44-24(12-4-8-16-37)32(53)45-25(13-5-9-17-38)33(54)46-26(35(56)57)14-6-10-18-39/h21-26,29,48H,3-20,36-40H2,1-2H3,(H,41,51)(H,42,55)(H,43,50)(H,44,52)(H,45,53)(H,46,54)(H,47,49)(H,56,57)/t21-,22+,23-,24-,25-,26-,29-/m0/s1. The number of unbranched alkanes of at least 4 members (excludes halogenated alkanes) is 4. The Morgan fingerprint density at radius 2 is 0.860 bits per heavy atom. The summed E-state index contributed by atoms with van der Waals surface area (Å²) in [6, 6.07) is -7.30. The molecule has 0 aliphatic heterocycles. The minimum absolute atomic E-state index is 0.117. The van der Waals surface area contributed by atoms with Crippen molar-refractivity contribution in [2.75, 3.05) is 39.3 Å². The monoisotopic (exact) mass is 817 g/mol. The number of aliphatic hydroxyl groups is 1. The number of amides is 7. The predicted molar refractivity (Wildman–Crippen MR) is 210 cm³/mol. The third kappa shape index (κ3) is 22.8. The summed E-state index contributed by atoms with van der Waals surface area (Å²) in [6.07, 6.45) is 3.06. The number of carbonyl (C=O) groups excluding carboxylic acids is 7. The van der Waals surface area contributed by atoms with Gasteiger partial charge in [0.1, 0.15) is 36.3 Å². The van der Waals surface area contributed by atoms with E-state index < -0.39 is 103 Å². The van der Waals surface area contributed by atoms with Crippen molar-refractivity contribution in [3.63, 3.8) is 0 Å². The van der Waals surface area contributed by atoms with Gasteiger partial charge in [-0.2, -0.15) is 0 Å². The van der Waals surface area contributed by atoms with Crippen molar-refractivity contribution in [3.8, 4) is 0 Å². The number of carboxylic acid groups (broad SMARTS) is 1. The molecule has 0 bridgehead atoms. The number of nitrogens with two attached hydrogens (primary N) is 5. The number of hydrogen-bond acceptors (Lipinski definition) is 14. The third-order valence-corrected chi connectivity index (χ3v) is 8.76. The first-order chi connectivity index (χ1) is 27.1. The van der Waals surface area contributed by atoms with Crippen LogP contribution < -0.4 is 65.9 Å². The molecule has 0 unspecified atom stereocenters. The molecule has 0 spiro atoms. The van der Waals surface area contributed by atoms with Crippen LogP contribution in [0, 0.1) is 0 Å². The van der Waals surface area contributed by atoms with Gasteiger partial charge in [0.2, 0.25) is 41.4 Å². The molecule has 0 fully saturated rings. The molecule has 7 atom stereocenters. The van der Waals surface area contributed by atoms with Crippen molar-refractivity contribution in [1.82, 2.24) is 37.2 Å². The van der Waals surface area contributed by atoms with Gasteiger partial charge < -0.3 is 76.1 Å². The van der Waals surface area contributed by atoms with E-state index in [2.05, 4.69) is 37.2 Å². The van der Waals surface area contributed by atoms with E-state index in [-0.39, 0.29) is 25.7 Å². The van der Waals surface area contributed by atoms with Crippen molar-refractivity contribution < 1.29 is 48.6 Å². The van der Waals surface area contributed by atoms with Gasteiger partial charge in [0.05, 0.1) is 19.2 Å². The molecule has 0 radical (unpaired) electrons. The first-order valence-electron chi connectivity index (χ1n) is 19.6. The minimum atomic E-state index is -1.39. The van der Waals surface area contributed by atoms with Gasteiger partial charge in [-0.25, -0.2) is 4.79 Å². The highest BCUT2D eigenvalue weighted by Gasteiger charge is 2.32. The fourth-order valence-corrected chi connectivity index (χ4v) is 5.42. The van der Waals surface area contributed by atoms with Gasteiger partial charge in [0, 0.05) is 0 Å². The van der Waals surface area contributed by atoms with Crippen LogP contribution in [-0.4, -0.2) is 139 Å². The molecular formula is C35H68N12O10. The van der Waals surface area contributed by atoms with Crippen molar-refractivity contribution in [2.24, 2.45) is 28.7 Å². The Kier molecular flexibility index (Phi) is 28.2. The van der Waals surface area contributed by atoms with Crippen LogP contribution in [0.5, 0.6) is 0 Å². The highest BCUT2D eigenvalue weighted by atomic mass is 16.4.